The molecule has 0 radical (unpaired) electrons. The quantitative estimate of drug-likeness (QED) is 0.618. The van der Waals surface area contributed by atoms with Gasteiger partial charge in [-0.3, -0.25) is 14.9 Å². The molecule has 20 heavy (non-hydrogen) atoms. The number of benzene rings is 1. The van der Waals surface area contributed by atoms with Gasteiger partial charge in [0, 0.05) is 24.7 Å². The van der Waals surface area contributed by atoms with Crippen molar-refractivity contribution in [2.24, 2.45) is 0 Å². The van der Waals surface area contributed by atoms with Crippen LogP contribution in [0.2, 0.25) is 5.02 Å². The minimum absolute atomic E-state index is 0.0548. The normalized spacial score (nSPS) is 16.4. The number of nitro benzene ring substituents is 1. The van der Waals surface area contributed by atoms with E-state index in [1.807, 2.05) is 0 Å². The first-order valence-corrected chi connectivity index (χ1v) is 7.20. The molecule has 0 bridgehead atoms. The Morgan fingerprint density at radius 1 is 1.15 bits per heavy atom. The van der Waals surface area contributed by atoms with E-state index < -0.39 is 4.92 Å². The van der Waals surface area contributed by atoms with Gasteiger partial charge in [0.15, 0.2) is 0 Å². The summed E-state index contributed by atoms with van der Waals surface area (Å²) in [6, 6.07) is 4.23. The van der Waals surface area contributed by atoms with Crippen LogP contribution in [0, 0.1) is 10.1 Å². The molecule has 1 fully saturated rings. The Kier molecular flexibility index (Phi) is 4.95. The lowest BCUT2D eigenvalue weighted by Gasteiger charge is -2.24. The SMILES string of the molecule is O=C(c1ccc(Cl)c([N+](=O)[O-])c1)N1CCCCCCC1. The molecular formula is C14H17ClN2O3. The van der Waals surface area contributed by atoms with Crippen LogP contribution < -0.4 is 0 Å². The summed E-state index contributed by atoms with van der Waals surface area (Å²) >= 11 is 5.76. The van der Waals surface area contributed by atoms with E-state index in [-0.39, 0.29) is 16.6 Å². The Morgan fingerprint density at radius 3 is 2.35 bits per heavy atom. The number of nitro groups is 1. The summed E-state index contributed by atoms with van der Waals surface area (Å²) in [5.74, 6) is -0.147. The van der Waals surface area contributed by atoms with E-state index in [0.29, 0.717) is 5.56 Å². The second kappa shape index (κ2) is 6.70. The molecule has 1 aliphatic rings. The van der Waals surface area contributed by atoms with Gasteiger partial charge in [0.1, 0.15) is 5.02 Å². The number of hydrogen-bond donors (Lipinski definition) is 0. The fraction of sp³-hybridized carbons (Fsp3) is 0.500. The number of amides is 1. The number of likely N-dealkylation sites (tertiary alicyclic amines) is 1. The van der Waals surface area contributed by atoms with Crippen molar-refractivity contribution in [2.75, 3.05) is 13.1 Å². The summed E-state index contributed by atoms with van der Waals surface area (Å²) in [6.45, 7) is 1.44. The number of carbonyl (C=O) groups is 1. The molecule has 0 aliphatic carbocycles. The maximum atomic E-state index is 12.4. The van der Waals surface area contributed by atoms with Crippen LogP contribution in [-0.2, 0) is 0 Å². The second-order valence-corrected chi connectivity index (χ2v) is 5.39. The summed E-state index contributed by atoms with van der Waals surface area (Å²) in [5.41, 5.74) is 0.117. The van der Waals surface area contributed by atoms with Crippen LogP contribution in [0.15, 0.2) is 18.2 Å². The van der Waals surface area contributed by atoms with E-state index >= 15 is 0 Å². The minimum atomic E-state index is -0.563. The van der Waals surface area contributed by atoms with Gasteiger partial charge in [-0.25, -0.2) is 0 Å². The molecule has 0 N–H and O–H groups in total. The summed E-state index contributed by atoms with van der Waals surface area (Å²) in [7, 11) is 0. The van der Waals surface area contributed by atoms with Crippen molar-refractivity contribution in [3.8, 4) is 0 Å². The molecule has 0 saturated carbocycles. The molecular weight excluding hydrogens is 280 g/mol. The van der Waals surface area contributed by atoms with Gasteiger partial charge in [0.25, 0.3) is 11.6 Å². The third-order valence-corrected chi connectivity index (χ3v) is 3.85. The molecule has 0 aromatic heterocycles. The van der Waals surface area contributed by atoms with Gasteiger partial charge in [-0.15, -0.1) is 0 Å². The monoisotopic (exact) mass is 296 g/mol. The molecule has 1 aromatic carbocycles. The van der Waals surface area contributed by atoms with Crippen LogP contribution >= 0.6 is 11.6 Å². The summed E-state index contributed by atoms with van der Waals surface area (Å²) in [5, 5.41) is 10.9. The predicted octanol–water partition coefficient (Wildman–Crippen LogP) is 3.65. The predicted molar refractivity (Wildman–Crippen MR) is 77.1 cm³/mol. The molecule has 1 saturated heterocycles. The van der Waals surface area contributed by atoms with Gasteiger partial charge < -0.3 is 4.90 Å². The fourth-order valence-electron chi connectivity index (χ4n) is 2.42. The van der Waals surface area contributed by atoms with Crippen LogP contribution in [0.4, 0.5) is 5.69 Å². The number of rotatable bonds is 2. The smallest absolute Gasteiger partial charge is 0.288 e. The van der Waals surface area contributed by atoms with Gasteiger partial charge in [-0.1, -0.05) is 30.9 Å². The average Bonchev–Trinajstić information content (AvgIpc) is 2.38. The van der Waals surface area contributed by atoms with E-state index in [4.69, 9.17) is 11.6 Å². The number of halogens is 1. The molecule has 0 atom stereocenters. The zero-order chi connectivity index (χ0) is 14.5. The van der Waals surface area contributed by atoms with E-state index in [0.717, 1.165) is 38.8 Å². The third kappa shape index (κ3) is 3.48. The maximum absolute atomic E-state index is 12.4. The molecule has 1 aromatic rings. The Bertz CT molecular complexity index is 511. The number of carbonyl (C=O) groups excluding carboxylic acids is 1. The first-order valence-electron chi connectivity index (χ1n) is 6.83. The Labute approximate surface area is 122 Å². The lowest BCUT2D eigenvalue weighted by Crippen LogP contribution is -2.33. The van der Waals surface area contributed by atoms with Crippen molar-refractivity contribution in [3.05, 3.63) is 38.9 Å². The van der Waals surface area contributed by atoms with E-state index in [2.05, 4.69) is 0 Å². The Morgan fingerprint density at radius 2 is 1.75 bits per heavy atom. The largest absolute Gasteiger partial charge is 0.339 e. The molecule has 2 rings (SSSR count). The third-order valence-electron chi connectivity index (χ3n) is 3.53. The van der Waals surface area contributed by atoms with Gasteiger partial charge in [-0.05, 0) is 25.0 Å². The molecule has 0 unspecified atom stereocenters. The van der Waals surface area contributed by atoms with Crippen molar-refractivity contribution < 1.29 is 9.72 Å². The van der Waals surface area contributed by atoms with Gasteiger partial charge in [0.05, 0.1) is 4.92 Å². The minimum Gasteiger partial charge on any atom is -0.339 e. The zero-order valence-electron chi connectivity index (χ0n) is 11.2. The topological polar surface area (TPSA) is 63.4 Å². The van der Waals surface area contributed by atoms with Gasteiger partial charge in [-0.2, -0.15) is 0 Å². The van der Waals surface area contributed by atoms with Crippen molar-refractivity contribution in [1.82, 2.24) is 4.90 Å². The lowest BCUT2D eigenvalue weighted by molar-refractivity contribution is -0.384. The Hall–Kier alpha value is -1.62. The molecule has 1 aliphatic heterocycles. The highest BCUT2D eigenvalue weighted by Gasteiger charge is 2.20. The molecule has 1 heterocycles. The summed E-state index contributed by atoms with van der Waals surface area (Å²) in [6.07, 6.45) is 5.45. The Balaban J connectivity index is 2.19. The lowest BCUT2D eigenvalue weighted by atomic mass is 10.1. The van der Waals surface area contributed by atoms with E-state index in [1.54, 1.807) is 11.0 Å². The molecule has 108 valence electrons. The van der Waals surface area contributed by atoms with Crippen LogP contribution in [0.3, 0.4) is 0 Å². The molecule has 5 nitrogen and oxygen atoms in total. The van der Waals surface area contributed by atoms with E-state index in [9.17, 15) is 14.9 Å². The standard InChI is InChI=1S/C14H17ClN2O3/c15-12-7-6-11(10-13(12)17(19)20)14(18)16-8-4-2-1-3-5-9-16/h6-7,10H,1-5,8-9H2. The van der Waals surface area contributed by atoms with Crippen LogP contribution in [0.5, 0.6) is 0 Å². The van der Waals surface area contributed by atoms with Crippen LogP contribution in [-0.4, -0.2) is 28.8 Å². The first kappa shape index (κ1) is 14.8. The molecule has 1 amide bonds. The van der Waals surface area contributed by atoms with E-state index in [1.165, 1.54) is 18.6 Å². The fourth-order valence-corrected chi connectivity index (χ4v) is 2.61. The maximum Gasteiger partial charge on any atom is 0.288 e. The molecule has 6 heteroatoms. The van der Waals surface area contributed by atoms with Crippen molar-refractivity contribution in [1.29, 1.82) is 0 Å². The summed E-state index contributed by atoms with van der Waals surface area (Å²) < 4.78 is 0. The van der Waals surface area contributed by atoms with Crippen molar-refractivity contribution >= 4 is 23.2 Å². The average molecular weight is 297 g/mol. The van der Waals surface area contributed by atoms with Crippen molar-refractivity contribution in [3.63, 3.8) is 0 Å². The summed E-state index contributed by atoms with van der Waals surface area (Å²) in [4.78, 5) is 24.5. The van der Waals surface area contributed by atoms with Gasteiger partial charge >= 0.3 is 0 Å². The highest BCUT2D eigenvalue weighted by atomic mass is 35.5. The van der Waals surface area contributed by atoms with Crippen molar-refractivity contribution in [2.45, 2.75) is 32.1 Å². The molecule has 0 spiro atoms. The van der Waals surface area contributed by atoms with Gasteiger partial charge in [0.2, 0.25) is 0 Å². The zero-order valence-corrected chi connectivity index (χ0v) is 11.9. The number of nitrogens with zero attached hydrogens (tertiary/aromatic N) is 2. The highest BCUT2D eigenvalue weighted by molar-refractivity contribution is 6.32. The first-order chi connectivity index (χ1) is 9.59. The highest BCUT2D eigenvalue weighted by Crippen LogP contribution is 2.26. The second-order valence-electron chi connectivity index (χ2n) is 4.98. The van der Waals surface area contributed by atoms with Crippen LogP contribution in [0.1, 0.15) is 42.5 Å². The van der Waals surface area contributed by atoms with Crippen LogP contribution in [0.25, 0.3) is 0 Å². The number of hydrogen-bond acceptors (Lipinski definition) is 3.